The van der Waals surface area contributed by atoms with Crippen molar-refractivity contribution in [1.82, 2.24) is 20.2 Å². The minimum atomic E-state index is 0.596. The number of benzene rings is 1. The number of anilines is 1. The Morgan fingerprint density at radius 2 is 2.06 bits per heavy atom. The first-order valence-corrected chi connectivity index (χ1v) is 6.46. The lowest BCUT2D eigenvalue weighted by Crippen LogP contribution is -2.08. The summed E-state index contributed by atoms with van der Waals surface area (Å²) in [6.45, 7) is 0.596. The summed E-state index contributed by atoms with van der Waals surface area (Å²) in [6, 6.07) is 11.9. The molecule has 6 heteroatoms. The molecule has 0 spiro atoms. The Morgan fingerprint density at radius 1 is 1.17 bits per heavy atom. The quantitative estimate of drug-likeness (QED) is 0.779. The molecule has 0 aliphatic rings. The summed E-state index contributed by atoms with van der Waals surface area (Å²) >= 11 is 1.66. The standard InChI is InChI=1S/C12H11N5S/c1-2-4-11(5-3-1)17-12(14-15-16-17)8-13-10-6-7-18-9-10/h1-7,9,13H,8H2. The van der Waals surface area contributed by atoms with E-state index in [1.807, 2.05) is 41.8 Å². The maximum atomic E-state index is 4.03. The molecular weight excluding hydrogens is 246 g/mol. The topological polar surface area (TPSA) is 55.6 Å². The van der Waals surface area contributed by atoms with Gasteiger partial charge in [0.2, 0.25) is 0 Å². The smallest absolute Gasteiger partial charge is 0.175 e. The number of tetrazole rings is 1. The van der Waals surface area contributed by atoms with Gasteiger partial charge in [0.1, 0.15) is 0 Å². The molecule has 3 aromatic rings. The predicted molar refractivity (Wildman–Crippen MR) is 70.8 cm³/mol. The molecule has 0 unspecified atom stereocenters. The number of hydrogen-bond donors (Lipinski definition) is 1. The number of hydrogen-bond acceptors (Lipinski definition) is 5. The van der Waals surface area contributed by atoms with Gasteiger partial charge in [0.15, 0.2) is 5.82 Å². The van der Waals surface area contributed by atoms with Crippen LogP contribution in [-0.2, 0) is 6.54 Å². The highest BCUT2D eigenvalue weighted by atomic mass is 32.1. The zero-order valence-corrected chi connectivity index (χ0v) is 10.3. The molecule has 2 aromatic heterocycles. The van der Waals surface area contributed by atoms with Crippen molar-refractivity contribution in [1.29, 1.82) is 0 Å². The fraction of sp³-hybridized carbons (Fsp3) is 0.0833. The molecule has 18 heavy (non-hydrogen) atoms. The lowest BCUT2D eigenvalue weighted by Gasteiger charge is -2.05. The van der Waals surface area contributed by atoms with E-state index < -0.39 is 0 Å². The summed E-state index contributed by atoms with van der Waals surface area (Å²) in [5.74, 6) is 0.785. The molecule has 0 atom stereocenters. The van der Waals surface area contributed by atoms with E-state index in [-0.39, 0.29) is 0 Å². The number of nitrogens with one attached hydrogen (secondary N) is 1. The van der Waals surface area contributed by atoms with Crippen LogP contribution in [0.25, 0.3) is 5.69 Å². The summed E-state index contributed by atoms with van der Waals surface area (Å²) in [7, 11) is 0. The van der Waals surface area contributed by atoms with Gasteiger partial charge in [0.05, 0.1) is 12.2 Å². The molecule has 0 radical (unpaired) electrons. The van der Waals surface area contributed by atoms with Gasteiger partial charge >= 0.3 is 0 Å². The van der Waals surface area contributed by atoms with Crippen molar-refractivity contribution in [3.8, 4) is 5.69 Å². The molecule has 5 nitrogen and oxygen atoms in total. The van der Waals surface area contributed by atoms with Crippen LogP contribution in [0.4, 0.5) is 5.69 Å². The van der Waals surface area contributed by atoms with E-state index in [2.05, 4.69) is 26.2 Å². The van der Waals surface area contributed by atoms with Crippen molar-refractivity contribution in [3.05, 3.63) is 53.0 Å². The molecule has 1 aromatic carbocycles. The summed E-state index contributed by atoms with van der Waals surface area (Å²) in [6.07, 6.45) is 0. The first-order chi connectivity index (χ1) is 8.93. The van der Waals surface area contributed by atoms with Gasteiger partial charge in [-0.3, -0.25) is 0 Å². The third kappa shape index (κ3) is 2.23. The van der Waals surface area contributed by atoms with Crippen LogP contribution in [0, 0.1) is 0 Å². The number of nitrogens with zero attached hydrogens (tertiary/aromatic N) is 4. The largest absolute Gasteiger partial charge is 0.377 e. The molecule has 0 saturated heterocycles. The van der Waals surface area contributed by atoms with E-state index in [0.29, 0.717) is 6.54 Å². The summed E-state index contributed by atoms with van der Waals surface area (Å²) in [5, 5.41) is 19.1. The Bertz CT molecular complexity index is 602. The number of rotatable bonds is 4. The first kappa shape index (κ1) is 10.9. The maximum Gasteiger partial charge on any atom is 0.175 e. The maximum absolute atomic E-state index is 4.03. The van der Waals surface area contributed by atoms with E-state index >= 15 is 0 Å². The predicted octanol–water partition coefficient (Wildman–Crippen LogP) is 2.34. The van der Waals surface area contributed by atoms with Crippen molar-refractivity contribution in [2.45, 2.75) is 6.54 Å². The zero-order valence-electron chi connectivity index (χ0n) is 9.52. The van der Waals surface area contributed by atoms with Crippen molar-refractivity contribution < 1.29 is 0 Å². The SMILES string of the molecule is c1ccc(-n2nnnc2CNc2ccsc2)cc1. The molecule has 0 amide bonds. The van der Waals surface area contributed by atoms with E-state index in [0.717, 1.165) is 17.2 Å². The van der Waals surface area contributed by atoms with Gasteiger partial charge in [-0.05, 0) is 34.0 Å². The van der Waals surface area contributed by atoms with Gasteiger partial charge in [-0.15, -0.1) is 5.10 Å². The summed E-state index contributed by atoms with van der Waals surface area (Å²) in [5.41, 5.74) is 2.05. The third-order valence-electron chi connectivity index (χ3n) is 2.51. The molecule has 0 aliphatic heterocycles. The second-order valence-corrected chi connectivity index (χ2v) is 4.49. The molecule has 0 aliphatic carbocycles. The third-order valence-corrected chi connectivity index (χ3v) is 3.19. The van der Waals surface area contributed by atoms with Crippen LogP contribution >= 0.6 is 11.3 Å². The van der Waals surface area contributed by atoms with Gasteiger partial charge in [0, 0.05) is 11.1 Å². The van der Waals surface area contributed by atoms with Crippen LogP contribution in [0.5, 0.6) is 0 Å². The van der Waals surface area contributed by atoms with Crippen molar-refractivity contribution in [2.75, 3.05) is 5.32 Å². The molecule has 90 valence electrons. The lowest BCUT2D eigenvalue weighted by atomic mass is 10.3. The Labute approximate surface area is 108 Å². The summed E-state index contributed by atoms with van der Waals surface area (Å²) < 4.78 is 1.74. The Balaban J connectivity index is 1.80. The average Bonchev–Trinajstić information content (AvgIpc) is 3.09. The second-order valence-electron chi connectivity index (χ2n) is 3.71. The molecular formula is C12H11N5S. The van der Waals surface area contributed by atoms with Gasteiger partial charge < -0.3 is 5.32 Å². The van der Waals surface area contributed by atoms with Gasteiger partial charge in [-0.25, -0.2) is 0 Å². The number of aromatic nitrogens is 4. The van der Waals surface area contributed by atoms with Crippen molar-refractivity contribution in [2.24, 2.45) is 0 Å². The highest BCUT2D eigenvalue weighted by Crippen LogP contribution is 2.13. The first-order valence-electron chi connectivity index (χ1n) is 5.52. The Morgan fingerprint density at radius 3 is 2.83 bits per heavy atom. The molecule has 2 heterocycles. The molecule has 1 N–H and O–H groups in total. The van der Waals surface area contributed by atoms with Crippen LogP contribution < -0.4 is 5.32 Å². The lowest BCUT2D eigenvalue weighted by molar-refractivity contribution is 0.768. The van der Waals surface area contributed by atoms with Crippen LogP contribution in [0.2, 0.25) is 0 Å². The molecule has 0 bridgehead atoms. The van der Waals surface area contributed by atoms with Crippen LogP contribution in [0.15, 0.2) is 47.2 Å². The van der Waals surface area contributed by atoms with E-state index in [1.165, 1.54) is 0 Å². The van der Waals surface area contributed by atoms with E-state index in [4.69, 9.17) is 0 Å². The molecule has 0 fully saturated rings. The van der Waals surface area contributed by atoms with Gasteiger partial charge in [-0.2, -0.15) is 16.0 Å². The van der Waals surface area contributed by atoms with E-state index in [9.17, 15) is 0 Å². The fourth-order valence-corrected chi connectivity index (χ4v) is 2.24. The highest BCUT2D eigenvalue weighted by Gasteiger charge is 2.07. The van der Waals surface area contributed by atoms with Crippen molar-refractivity contribution >= 4 is 17.0 Å². The van der Waals surface area contributed by atoms with Gasteiger partial charge in [-0.1, -0.05) is 18.2 Å². The monoisotopic (exact) mass is 257 g/mol. The van der Waals surface area contributed by atoms with Crippen LogP contribution in [0.1, 0.15) is 5.82 Å². The molecule has 3 rings (SSSR count). The zero-order chi connectivity index (χ0) is 12.2. The van der Waals surface area contributed by atoms with Crippen LogP contribution in [-0.4, -0.2) is 20.2 Å². The number of para-hydroxylation sites is 1. The minimum Gasteiger partial charge on any atom is -0.377 e. The Hall–Kier alpha value is -2.21. The fourth-order valence-electron chi connectivity index (χ4n) is 1.63. The Kier molecular flexibility index (Phi) is 3.01. The van der Waals surface area contributed by atoms with E-state index in [1.54, 1.807) is 16.0 Å². The molecule has 0 saturated carbocycles. The van der Waals surface area contributed by atoms with Crippen LogP contribution in [0.3, 0.4) is 0 Å². The van der Waals surface area contributed by atoms with Crippen molar-refractivity contribution in [3.63, 3.8) is 0 Å². The normalized spacial score (nSPS) is 10.4. The minimum absolute atomic E-state index is 0.596. The van der Waals surface area contributed by atoms with Gasteiger partial charge in [0.25, 0.3) is 0 Å². The average molecular weight is 257 g/mol. The number of thiophene rings is 1. The second kappa shape index (κ2) is 4.97. The summed E-state index contributed by atoms with van der Waals surface area (Å²) in [4.78, 5) is 0. The highest BCUT2D eigenvalue weighted by molar-refractivity contribution is 7.08.